The Kier molecular flexibility index (Phi) is 3.95. The molecule has 0 fully saturated rings. The predicted octanol–water partition coefficient (Wildman–Crippen LogP) is 3.09. The van der Waals surface area contributed by atoms with E-state index in [1.807, 2.05) is 26.0 Å². The molecule has 2 radical (unpaired) electrons. The first-order valence-electron chi connectivity index (χ1n) is 6.11. The highest BCUT2D eigenvalue weighted by Crippen LogP contribution is 2.26. The Hall–Kier alpha value is -2.48. The van der Waals surface area contributed by atoms with Crippen LogP contribution >= 0.6 is 0 Å². The van der Waals surface area contributed by atoms with E-state index < -0.39 is 5.97 Å². The number of nitrogens with zero attached hydrogens (tertiary/aromatic N) is 1. The number of hydrogen-bond acceptors (Lipinski definition) is 4. The molecule has 0 bridgehead atoms. The van der Waals surface area contributed by atoms with Crippen LogP contribution in [-0.2, 0) is 9.45 Å². The van der Waals surface area contributed by atoms with Crippen LogP contribution in [0.3, 0.4) is 0 Å². The molecular weight excluding hydrogens is 253 g/mol. The quantitative estimate of drug-likeness (QED) is 0.486. The third kappa shape index (κ3) is 2.75. The summed E-state index contributed by atoms with van der Waals surface area (Å²) in [4.78, 5) is 11.2. The van der Waals surface area contributed by atoms with Crippen LogP contribution in [0.4, 0.5) is 0 Å². The van der Waals surface area contributed by atoms with E-state index in [1.165, 1.54) is 6.08 Å². The lowest BCUT2D eigenvalue weighted by Crippen LogP contribution is -2.03. The highest BCUT2D eigenvalue weighted by Gasteiger charge is 2.10. The monoisotopic (exact) mass is 265 g/mol. The largest absolute Gasteiger partial charge is 0.539 e. The fraction of sp³-hybridized carbons (Fsp3) is 0.200. The fourth-order valence-corrected chi connectivity index (χ4v) is 1.81. The molecule has 0 N–H and O–H groups in total. The number of hydrogen-bond donors (Lipinski definition) is 0. The third-order valence-electron chi connectivity index (χ3n) is 2.89. The average Bonchev–Trinajstić information content (AvgIpc) is 2.87. The normalized spacial score (nSPS) is 11.6. The number of carbonyl (C=O) groups is 1. The average molecular weight is 265 g/mol. The first-order chi connectivity index (χ1) is 9.55. The van der Waals surface area contributed by atoms with Crippen LogP contribution in [-0.4, -0.2) is 14.0 Å². The maximum absolute atomic E-state index is 11.2. The fourth-order valence-electron chi connectivity index (χ4n) is 1.81. The molecule has 4 nitrogen and oxygen atoms in total. The van der Waals surface area contributed by atoms with E-state index in [9.17, 15) is 4.79 Å². The molecule has 0 aliphatic heterocycles. The molecule has 0 amide bonds. The van der Waals surface area contributed by atoms with E-state index >= 15 is 0 Å². The van der Waals surface area contributed by atoms with Gasteiger partial charge in [0.1, 0.15) is 23.0 Å². The smallest absolute Gasteiger partial charge is 0.378 e. The lowest BCUT2D eigenvalue weighted by atomic mass is 10.1. The molecule has 1 aromatic heterocycles. The van der Waals surface area contributed by atoms with Gasteiger partial charge in [0, 0.05) is 11.3 Å². The van der Waals surface area contributed by atoms with Gasteiger partial charge in [0.25, 0.3) is 0 Å². The van der Waals surface area contributed by atoms with Crippen LogP contribution in [0, 0.1) is 11.3 Å². The van der Waals surface area contributed by atoms with E-state index in [4.69, 9.17) is 17.7 Å². The summed E-state index contributed by atoms with van der Waals surface area (Å²) >= 11 is 0. The molecule has 2 aromatic rings. The maximum Gasteiger partial charge on any atom is 0.378 e. The first-order valence-corrected chi connectivity index (χ1v) is 6.11. The molecule has 0 aliphatic rings. The summed E-state index contributed by atoms with van der Waals surface area (Å²) in [6.45, 7) is 4.09. The second-order valence-electron chi connectivity index (χ2n) is 4.68. The molecule has 0 saturated carbocycles. The minimum atomic E-state index is -0.866. The van der Waals surface area contributed by atoms with Crippen LogP contribution in [0.15, 0.2) is 34.3 Å². The van der Waals surface area contributed by atoms with Crippen LogP contribution in [0.25, 0.3) is 17.0 Å². The van der Waals surface area contributed by atoms with Crippen molar-refractivity contribution in [1.29, 1.82) is 5.26 Å². The van der Waals surface area contributed by atoms with Crippen LogP contribution in [0.1, 0.15) is 31.1 Å². The van der Waals surface area contributed by atoms with Gasteiger partial charge in [-0.2, -0.15) is 5.26 Å². The molecule has 0 aliphatic carbocycles. The summed E-state index contributed by atoms with van der Waals surface area (Å²) in [5.74, 6) is 0.321. The van der Waals surface area contributed by atoms with Crippen molar-refractivity contribution >= 4 is 31.1 Å². The summed E-state index contributed by atoms with van der Waals surface area (Å²) < 4.78 is 9.76. The number of benzene rings is 1. The number of furan rings is 1. The van der Waals surface area contributed by atoms with Gasteiger partial charge in [0.2, 0.25) is 0 Å². The van der Waals surface area contributed by atoms with Gasteiger partial charge < -0.3 is 9.07 Å². The van der Waals surface area contributed by atoms with Gasteiger partial charge in [0.05, 0.1) is 0 Å². The summed E-state index contributed by atoms with van der Waals surface area (Å²) in [5, 5.41) is 9.86. The minimum absolute atomic E-state index is 0.164. The van der Waals surface area contributed by atoms with Gasteiger partial charge >= 0.3 is 14.0 Å². The third-order valence-corrected chi connectivity index (χ3v) is 2.89. The lowest BCUT2D eigenvalue weighted by Gasteiger charge is -1.98. The molecule has 20 heavy (non-hydrogen) atoms. The zero-order valence-electron chi connectivity index (χ0n) is 11.2. The molecule has 98 valence electrons. The minimum Gasteiger partial charge on any atom is -0.539 e. The predicted molar refractivity (Wildman–Crippen MR) is 75.7 cm³/mol. The second-order valence-corrected chi connectivity index (χ2v) is 4.68. The van der Waals surface area contributed by atoms with Crippen molar-refractivity contribution in [1.82, 2.24) is 0 Å². The summed E-state index contributed by atoms with van der Waals surface area (Å²) in [7, 11) is 4.77. The SMILES string of the molecule is [B]OC(=O)/C(C#N)=C\c1ccc2cc(C(C)C)oc2c1. The van der Waals surface area contributed by atoms with Crippen LogP contribution < -0.4 is 0 Å². The van der Waals surface area contributed by atoms with Crippen molar-refractivity contribution in [2.45, 2.75) is 19.8 Å². The van der Waals surface area contributed by atoms with Gasteiger partial charge in [-0.25, -0.2) is 4.79 Å². The van der Waals surface area contributed by atoms with Crippen molar-refractivity contribution in [3.8, 4) is 6.07 Å². The van der Waals surface area contributed by atoms with Gasteiger partial charge in [-0.1, -0.05) is 26.0 Å². The van der Waals surface area contributed by atoms with Gasteiger partial charge in [-0.05, 0) is 23.8 Å². The molecule has 5 heteroatoms. The van der Waals surface area contributed by atoms with Crippen molar-refractivity contribution in [2.75, 3.05) is 0 Å². The summed E-state index contributed by atoms with van der Waals surface area (Å²) in [5.41, 5.74) is 1.22. The van der Waals surface area contributed by atoms with E-state index in [-0.39, 0.29) is 5.57 Å². The molecule has 2 rings (SSSR count). The Bertz CT molecular complexity index is 722. The molecule has 0 saturated heterocycles. The molecular formula is C15H12BNO3. The molecule has 1 heterocycles. The Labute approximate surface area is 118 Å². The Morgan fingerprint density at radius 2 is 2.20 bits per heavy atom. The number of carbonyl (C=O) groups excluding carboxylic acids is 1. The van der Waals surface area contributed by atoms with E-state index in [0.717, 1.165) is 11.1 Å². The number of rotatable bonds is 3. The van der Waals surface area contributed by atoms with E-state index in [0.29, 0.717) is 17.1 Å². The van der Waals surface area contributed by atoms with E-state index in [2.05, 4.69) is 4.65 Å². The summed E-state index contributed by atoms with van der Waals surface area (Å²) in [6.07, 6.45) is 1.41. The second kappa shape index (κ2) is 5.66. The van der Waals surface area contributed by atoms with Crippen molar-refractivity contribution in [3.05, 3.63) is 41.2 Å². The molecule has 0 spiro atoms. The van der Waals surface area contributed by atoms with Gasteiger partial charge in [-0.15, -0.1) is 0 Å². The van der Waals surface area contributed by atoms with Crippen molar-refractivity contribution in [3.63, 3.8) is 0 Å². The Morgan fingerprint density at radius 1 is 1.45 bits per heavy atom. The van der Waals surface area contributed by atoms with Gasteiger partial charge in [0.15, 0.2) is 0 Å². The first kappa shape index (κ1) is 13.9. The maximum atomic E-state index is 11.2. The standard InChI is InChI=1S/C15H12BNO3/c1-9(2)13-7-11-4-3-10(6-14(11)19-13)5-12(8-17)15(18)20-16/h3-7,9H,1-2H3/b12-5-. The van der Waals surface area contributed by atoms with Crippen LogP contribution in [0.2, 0.25) is 0 Å². The van der Waals surface area contributed by atoms with E-state index in [1.54, 1.807) is 18.2 Å². The highest BCUT2D eigenvalue weighted by atomic mass is 16.5. The Balaban J connectivity index is 2.44. The highest BCUT2D eigenvalue weighted by molar-refractivity contribution is 6.11. The van der Waals surface area contributed by atoms with Gasteiger partial charge in [-0.3, -0.25) is 0 Å². The number of nitriles is 1. The molecule has 1 aromatic carbocycles. The zero-order valence-corrected chi connectivity index (χ0v) is 11.2. The topological polar surface area (TPSA) is 63.2 Å². The zero-order chi connectivity index (χ0) is 14.7. The van der Waals surface area contributed by atoms with Crippen LogP contribution in [0.5, 0.6) is 0 Å². The van der Waals surface area contributed by atoms with Crippen molar-refractivity contribution < 1.29 is 13.9 Å². The molecule has 0 unspecified atom stereocenters. The number of fused-ring (bicyclic) bond motifs is 1. The van der Waals surface area contributed by atoms with Crippen molar-refractivity contribution in [2.24, 2.45) is 0 Å². The Morgan fingerprint density at radius 3 is 2.80 bits per heavy atom. The lowest BCUT2D eigenvalue weighted by molar-refractivity contribution is -0.129. The molecule has 0 atom stereocenters. The summed E-state index contributed by atoms with van der Waals surface area (Å²) in [6, 6.07) is 9.16.